The van der Waals surface area contributed by atoms with E-state index in [0.29, 0.717) is 24.7 Å². The van der Waals surface area contributed by atoms with Crippen molar-refractivity contribution in [3.63, 3.8) is 0 Å². The highest BCUT2D eigenvalue weighted by Crippen LogP contribution is 2.66. The maximum Gasteiger partial charge on any atom is 0.179 e. The molecule has 1 N–H and O–H groups in total. The molecule has 4 heteroatoms. The van der Waals surface area contributed by atoms with E-state index in [2.05, 4.69) is 19.9 Å². The Kier molecular flexibility index (Phi) is 4.10. The fourth-order valence-electron chi connectivity index (χ4n) is 6.90. The summed E-state index contributed by atoms with van der Waals surface area (Å²) >= 11 is 5.88. The van der Waals surface area contributed by atoms with Gasteiger partial charge in [0.25, 0.3) is 0 Å². The Morgan fingerprint density at radius 1 is 1.35 bits per heavy atom. The lowest BCUT2D eigenvalue weighted by Crippen LogP contribution is -2.57. The molecule has 0 bridgehead atoms. The first-order chi connectivity index (χ1) is 12.2. The summed E-state index contributed by atoms with van der Waals surface area (Å²) < 4.78 is 0. The molecule has 3 nitrogen and oxygen atoms in total. The molecular weight excluding hydrogens is 348 g/mol. The number of halogens is 1. The predicted octanol–water partition coefficient (Wildman–Crippen LogP) is 4.22. The van der Waals surface area contributed by atoms with Crippen LogP contribution in [0.5, 0.6) is 0 Å². The molecule has 6 atom stereocenters. The van der Waals surface area contributed by atoms with Crippen LogP contribution in [0, 0.1) is 28.6 Å². The normalized spacial score (nSPS) is 47.4. The van der Waals surface area contributed by atoms with E-state index in [1.165, 1.54) is 11.1 Å². The van der Waals surface area contributed by atoms with E-state index in [-0.39, 0.29) is 28.8 Å². The summed E-state index contributed by atoms with van der Waals surface area (Å²) in [4.78, 5) is 24.6. The second kappa shape index (κ2) is 5.78. The van der Waals surface area contributed by atoms with Crippen LogP contribution in [-0.2, 0) is 9.59 Å². The monoisotopic (exact) mass is 376 g/mol. The predicted molar refractivity (Wildman–Crippen MR) is 102 cm³/mol. The van der Waals surface area contributed by atoms with Crippen molar-refractivity contribution in [1.82, 2.24) is 0 Å². The highest BCUT2D eigenvalue weighted by Gasteiger charge is 2.67. The molecular formula is C22H29ClO3. The smallest absolute Gasteiger partial charge is 0.179 e. The fraction of sp³-hybridized carbons (Fsp3) is 0.727. The molecule has 2 fully saturated rings. The molecule has 26 heavy (non-hydrogen) atoms. The SMILES string of the molecule is C[C@H]1C[C@H]2[C@@H]3CCC4=CC(=O)CC[C@]4(C)C3=CC[C@]2(C)[C@@]1(O)C(=O)CCl. The van der Waals surface area contributed by atoms with Gasteiger partial charge in [-0.1, -0.05) is 38.0 Å². The van der Waals surface area contributed by atoms with Gasteiger partial charge in [0.15, 0.2) is 11.6 Å². The highest BCUT2D eigenvalue weighted by molar-refractivity contribution is 6.29. The Balaban J connectivity index is 1.78. The lowest BCUT2D eigenvalue weighted by molar-refractivity contribution is -0.155. The van der Waals surface area contributed by atoms with E-state index in [9.17, 15) is 14.7 Å². The average molecular weight is 377 g/mol. The van der Waals surface area contributed by atoms with Crippen LogP contribution < -0.4 is 0 Å². The topological polar surface area (TPSA) is 54.4 Å². The molecule has 0 aliphatic heterocycles. The first-order valence-corrected chi connectivity index (χ1v) is 10.5. The zero-order chi connectivity index (χ0) is 18.9. The van der Waals surface area contributed by atoms with Gasteiger partial charge >= 0.3 is 0 Å². The molecule has 0 heterocycles. The molecule has 0 saturated heterocycles. The Hall–Kier alpha value is -0.930. The van der Waals surface area contributed by atoms with Crippen LogP contribution >= 0.6 is 11.6 Å². The number of ketones is 2. The minimum atomic E-state index is -1.33. The minimum Gasteiger partial charge on any atom is -0.381 e. The van der Waals surface area contributed by atoms with Crippen molar-refractivity contribution in [2.45, 2.75) is 64.9 Å². The van der Waals surface area contributed by atoms with Gasteiger partial charge in [0.2, 0.25) is 0 Å². The van der Waals surface area contributed by atoms with Crippen molar-refractivity contribution in [3.8, 4) is 0 Å². The summed E-state index contributed by atoms with van der Waals surface area (Å²) in [7, 11) is 0. The summed E-state index contributed by atoms with van der Waals surface area (Å²) in [6.45, 7) is 6.39. The minimum absolute atomic E-state index is 0.0153. The standard InChI is InChI=1S/C22H29ClO3/c1-13-10-18-16-5-4-14-11-15(24)6-8-20(14,2)17(16)7-9-21(18,3)22(13,26)19(25)12-23/h7,11,13,16,18,26H,4-6,8-10,12H2,1-3H3/t13-,16+,18-,20-,21-,22-/m0/s1. The van der Waals surface area contributed by atoms with Gasteiger partial charge in [0, 0.05) is 17.3 Å². The average Bonchev–Trinajstić information content (AvgIpc) is 2.83. The molecule has 0 radical (unpaired) electrons. The maximum atomic E-state index is 12.6. The van der Waals surface area contributed by atoms with Gasteiger partial charge in [0.05, 0.1) is 5.88 Å². The van der Waals surface area contributed by atoms with Crippen LogP contribution in [0.3, 0.4) is 0 Å². The number of hydrogen-bond donors (Lipinski definition) is 1. The molecule has 4 aliphatic carbocycles. The zero-order valence-electron chi connectivity index (χ0n) is 16.0. The fourth-order valence-corrected chi connectivity index (χ4v) is 7.10. The molecule has 4 aliphatic rings. The van der Waals surface area contributed by atoms with Crippen molar-refractivity contribution in [3.05, 3.63) is 23.3 Å². The summed E-state index contributed by atoms with van der Waals surface area (Å²) in [6, 6.07) is 0. The lowest BCUT2D eigenvalue weighted by Gasteiger charge is -2.54. The van der Waals surface area contributed by atoms with Gasteiger partial charge in [-0.3, -0.25) is 9.59 Å². The van der Waals surface area contributed by atoms with Crippen molar-refractivity contribution < 1.29 is 14.7 Å². The number of Topliss-reactive ketones (excluding diaryl/α,β-unsaturated/α-hetero) is 1. The van der Waals surface area contributed by atoms with Crippen molar-refractivity contribution in [2.75, 3.05) is 5.88 Å². The molecule has 0 aromatic carbocycles. The number of fused-ring (bicyclic) bond motifs is 5. The van der Waals surface area contributed by atoms with E-state index < -0.39 is 11.0 Å². The number of rotatable bonds is 2. The molecule has 0 spiro atoms. The van der Waals surface area contributed by atoms with Crippen LogP contribution in [0.4, 0.5) is 0 Å². The van der Waals surface area contributed by atoms with Crippen LogP contribution in [0.25, 0.3) is 0 Å². The molecule has 142 valence electrons. The summed E-state index contributed by atoms with van der Waals surface area (Å²) in [5.74, 6) is 0.522. The number of carbonyl (C=O) groups is 2. The number of allylic oxidation sites excluding steroid dienone is 4. The summed E-state index contributed by atoms with van der Waals surface area (Å²) in [5.41, 5.74) is 0.951. The number of carbonyl (C=O) groups excluding carboxylic acids is 2. The molecule has 0 amide bonds. The Labute approximate surface area is 160 Å². The van der Waals surface area contributed by atoms with Crippen molar-refractivity contribution >= 4 is 23.2 Å². The maximum absolute atomic E-state index is 12.6. The van der Waals surface area contributed by atoms with Gasteiger partial charge < -0.3 is 5.11 Å². The molecule has 2 saturated carbocycles. The first kappa shape index (κ1) is 18.4. The van der Waals surface area contributed by atoms with E-state index >= 15 is 0 Å². The lowest BCUT2D eigenvalue weighted by atomic mass is 9.50. The van der Waals surface area contributed by atoms with Gasteiger partial charge in [-0.05, 0) is 55.9 Å². The molecule has 4 rings (SSSR count). The number of aliphatic hydroxyl groups is 1. The molecule has 0 aromatic rings. The van der Waals surface area contributed by atoms with Gasteiger partial charge in [-0.25, -0.2) is 0 Å². The zero-order valence-corrected chi connectivity index (χ0v) is 16.7. The van der Waals surface area contributed by atoms with Crippen molar-refractivity contribution in [2.24, 2.45) is 28.6 Å². The van der Waals surface area contributed by atoms with Gasteiger partial charge in [0.1, 0.15) is 5.60 Å². The van der Waals surface area contributed by atoms with E-state index in [1.54, 1.807) is 0 Å². The Morgan fingerprint density at radius 2 is 2.08 bits per heavy atom. The Bertz CT molecular complexity index is 738. The van der Waals surface area contributed by atoms with E-state index in [1.807, 2.05) is 13.0 Å². The number of alkyl halides is 1. The first-order valence-electron chi connectivity index (χ1n) is 9.94. The van der Waals surface area contributed by atoms with E-state index in [0.717, 1.165) is 25.7 Å². The van der Waals surface area contributed by atoms with Crippen LogP contribution in [0.2, 0.25) is 0 Å². The second-order valence-corrected chi connectivity index (χ2v) is 9.73. The third kappa shape index (κ3) is 2.10. The van der Waals surface area contributed by atoms with Crippen LogP contribution in [-0.4, -0.2) is 28.2 Å². The summed E-state index contributed by atoms with van der Waals surface area (Å²) in [6.07, 6.45) is 9.25. The second-order valence-electron chi connectivity index (χ2n) is 9.46. The van der Waals surface area contributed by atoms with Gasteiger partial charge in [-0.15, -0.1) is 11.6 Å². The number of hydrogen-bond acceptors (Lipinski definition) is 3. The van der Waals surface area contributed by atoms with E-state index in [4.69, 9.17) is 11.6 Å². The van der Waals surface area contributed by atoms with Crippen LogP contribution in [0.15, 0.2) is 23.3 Å². The van der Waals surface area contributed by atoms with Crippen LogP contribution in [0.1, 0.15) is 59.3 Å². The van der Waals surface area contributed by atoms with Gasteiger partial charge in [-0.2, -0.15) is 0 Å². The molecule has 0 aromatic heterocycles. The highest BCUT2D eigenvalue weighted by atomic mass is 35.5. The summed E-state index contributed by atoms with van der Waals surface area (Å²) in [5, 5.41) is 11.5. The largest absolute Gasteiger partial charge is 0.381 e. The third-order valence-corrected chi connectivity index (χ3v) is 8.71. The third-order valence-electron chi connectivity index (χ3n) is 8.46. The quantitative estimate of drug-likeness (QED) is 0.579. The van der Waals surface area contributed by atoms with Crippen molar-refractivity contribution in [1.29, 1.82) is 0 Å². The molecule has 0 unspecified atom stereocenters. The Morgan fingerprint density at radius 3 is 2.77 bits per heavy atom.